The third kappa shape index (κ3) is 4.90. The lowest BCUT2D eigenvalue weighted by molar-refractivity contribution is -0.120. The van der Waals surface area contributed by atoms with Gasteiger partial charge in [-0.05, 0) is 32.1 Å². The number of likely N-dealkylation sites (tertiary alicyclic amines) is 1. The van der Waals surface area contributed by atoms with Crippen molar-refractivity contribution in [2.45, 2.75) is 77.0 Å². The third-order valence-corrected chi connectivity index (χ3v) is 6.06. The van der Waals surface area contributed by atoms with Crippen LogP contribution in [0.15, 0.2) is 9.59 Å². The minimum atomic E-state index is -0.602. The lowest BCUT2D eigenvalue weighted by Crippen LogP contribution is -2.50. The molecule has 0 radical (unpaired) electrons. The van der Waals surface area contributed by atoms with Gasteiger partial charge in [0.2, 0.25) is 5.91 Å². The number of carbonyl (C=O) groups excluding carboxylic acids is 1. The van der Waals surface area contributed by atoms with E-state index in [1.54, 1.807) is 4.90 Å². The summed E-state index contributed by atoms with van der Waals surface area (Å²) in [6.07, 6.45) is 6.23. The standard InChI is InChI=1S/C20H33N5O4/c1-2-3-10-24-18(21)17(19(28)22-20(24)29)25(14-6-4-5-7-14)16(27)13-23-11-8-15(26)9-12-23/h14-15,26H,2-13,21H2,1H3,(H,22,28,29). The predicted octanol–water partition coefficient (Wildman–Crippen LogP) is 0.651. The number of anilines is 2. The van der Waals surface area contributed by atoms with E-state index in [2.05, 4.69) is 4.98 Å². The van der Waals surface area contributed by atoms with Crippen LogP contribution in [-0.2, 0) is 11.3 Å². The molecule has 1 amide bonds. The number of aliphatic hydroxyl groups excluding tert-OH is 1. The number of amides is 1. The molecule has 1 aliphatic carbocycles. The summed E-state index contributed by atoms with van der Waals surface area (Å²) in [5.41, 5.74) is 5.26. The van der Waals surface area contributed by atoms with E-state index >= 15 is 0 Å². The van der Waals surface area contributed by atoms with Gasteiger partial charge in [-0.15, -0.1) is 0 Å². The van der Waals surface area contributed by atoms with Crippen LogP contribution in [0.2, 0.25) is 0 Å². The fraction of sp³-hybridized carbons (Fsp3) is 0.750. The number of H-pyrrole nitrogens is 1. The van der Waals surface area contributed by atoms with Gasteiger partial charge in [0.25, 0.3) is 5.56 Å². The summed E-state index contributed by atoms with van der Waals surface area (Å²) in [6, 6.07) is -0.0848. The Morgan fingerprint density at radius 1 is 1.21 bits per heavy atom. The highest BCUT2D eigenvalue weighted by Gasteiger charge is 2.33. The SMILES string of the molecule is CCCCn1c(N)c(N(C(=O)CN2CCC(O)CC2)C2CCCC2)c(=O)[nH]c1=O. The molecule has 2 aliphatic rings. The molecule has 0 atom stereocenters. The normalized spacial score (nSPS) is 19.0. The summed E-state index contributed by atoms with van der Waals surface area (Å²) >= 11 is 0. The van der Waals surface area contributed by atoms with E-state index in [0.29, 0.717) is 32.5 Å². The lowest BCUT2D eigenvalue weighted by atomic mass is 10.1. The summed E-state index contributed by atoms with van der Waals surface area (Å²) in [7, 11) is 0. The van der Waals surface area contributed by atoms with Gasteiger partial charge in [0, 0.05) is 25.7 Å². The van der Waals surface area contributed by atoms with Crippen molar-refractivity contribution < 1.29 is 9.90 Å². The maximum atomic E-state index is 13.3. The largest absolute Gasteiger partial charge is 0.393 e. The van der Waals surface area contributed by atoms with Crippen LogP contribution in [0.4, 0.5) is 11.5 Å². The number of aliphatic hydroxyl groups is 1. The van der Waals surface area contributed by atoms with Crippen molar-refractivity contribution in [2.75, 3.05) is 30.3 Å². The number of rotatable bonds is 7. The van der Waals surface area contributed by atoms with Gasteiger partial charge in [-0.25, -0.2) is 4.79 Å². The number of aromatic nitrogens is 2. The summed E-state index contributed by atoms with van der Waals surface area (Å²) in [4.78, 5) is 44.2. The van der Waals surface area contributed by atoms with Gasteiger partial charge >= 0.3 is 5.69 Å². The molecule has 9 heteroatoms. The second-order valence-electron chi connectivity index (χ2n) is 8.21. The zero-order chi connectivity index (χ0) is 21.0. The molecule has 1 aromatic heterocycles. The highest BCUT2D eigenvalue weighted by Crippen LogP contribution is 2.29. The Kier molecular flexibility index (Phi) is 7.13. The van der Waals surface area contributed by atoms with E-state index in [9.17, 15) is 19.5 Å². The van der Waals surface area contributed by atoms with Gasteiger partial charge in [-0.2, -0.15) is 0 Å². The van der Waals surface area contributed by atoms with Crippen molar-refractivity contribution in [3.63, 3.8) is 0 Å². The first-order valence-electron chi connectivity index (χ1n) is 10.8. The highest BCUT2D eigenvalue weighted by atomic mass is 16.3. The van der Waals surface area contributed by atoms with Gasteiger partial charge < -0.3 is 15.7 Å². The summed E-state index contributed by atoms with van der Waals surface area (Å²) in [6.45, 7) is 3.88. The van der Waals surface area contributed by atoms with Crippen LogP contribution >= 0.6 is 0 Å². The maximum Gasteiger partial charge on any atom is 0.330 e. The van der Waals surface area contributed by atoms with Gasteiger partial charge in [-0.3, -0.25) is 24.0 Å². The van der Waals surface area contributed by atoms with E-state index in [1.807, 2.05) is 11.8 Å². The van der Waals surface area contributed by atoms with Crippen LogP contribution in [0.25, 0.3) is 0 Å². The number of hydrogen-bond donors (Lipinski definition) is 3. The number of aromatic amines is 1. The monoisotopic (exact) mass is 407 g/mol. The smallest absolute Gasteiger partial charge is 0.330 e. The number of piperidine rings is 1. The number of unbranched alkanes of at least 4 members (excludes halogenated alkanes) is 1. The second kappa shape index (κ2) is 9.58. The molecular weight excluding hydrogens is 374 g/mol. The molecule has 29 heavy (non-hydrogen) atoms. The molecule has 1 saturated heterocycles. The Morgan fingerprint density at radius 2 is 1.86 bits per heavy atom. The average Bonchev–Trinajstić information content (AvgIpc) is 3.20. The van der Waals surface area contributed by atoms with E-state index in [1.165, 1.54) is 4.57 Å². The van der Waals surface area contributed by atoms with Crippen molar-refractivity contribution in [3.8, 4) is 0 Å². The molecule has 3 rings (SSSR count). The number of nitrogens with zero attached hydrogens (tertiary/aromatic N) is 3. The topological polar surface area (TPSA) is 125 Å². The third-order valence-electron chi connectivity index (χ3n) is 6.06. The van der Waals surface area contributed by atoms with Crippen LogP contribution in [0, 0.1) is 0 Å². The van der Waals surface area contributed by atoms with Crippen LogP contribution in [0.5, 0.6) is 0 Å². The number of nitrogens with one attached hydrogen (secondary N) is 1. The Morgan fingerprint density at radius 3 is 2.48 bits per heavy atom. The zero-order valence-electron chi connectivity index (χ0n) is 17.2. The molecule has 9 nitrogen and oxygen atoms in total. The summed E-state index contributed by atoms with van der Waals surface area (Å²) in [5, 5.41) is 9.70. The van der Waals surface area contributed by atoms with E-state index < -0.39 is 11.2 Å². The van der Waals surface area contributed by atoms with E-state index in [0.717, 1.165) is 38.5 Å². The van der Waals surface area contributed by atoms with Gasteiger partial charge in [0.05, 0.1) is 12.6 Å². The molecule has 0 bridgehead atoms. The van der Waals surface area contributed by atoms with Crippen molar-refractivity contribution in [2.24, 2.45) is 0 Å². The Bertz CT molecular complexity index is 819. The predicted molar refractivity (Wildman–Crippen MR) is 112 cm³/mol. The Hall–Kier alpha value is -2.13. The van der Waals surface area contributed by atoms with E-state index in [4.69, 9.17) is 5.73 Å². The van der Waals surface area contributed by atoms with Crippen LogP contribution in [-0.4, -0.2) is 57.2 Å². The molecular formula is C20H33N5O4. The minimum absolute atomic E-state index is 0.0708. The quantitative estimate of drug-likeness (QED) is 0.610. The average molecular weight is 408 g/mol. The number of carbonyl (C=O) groups is 1. The van der Waals surface area contributed by atoms with Crippen molar-refractivity contribution in [3.05, 3.63) is 20.8 Å². The van der Waals surface area contributed by atoms with Crippen molar-refractivity contribution in [1.82, 2.24) is 14.5 Å². The molecule has 2 heterocycles. The Labute approximate surface area is 170 Å². The molecule has 1 aromatic rings. The first kappa shape index (κ1) is 21.6. The molecule has 1 aliphatic heterocycles. The molecule has 1 saturated carbocycles. The van der Waals surface area contributed by atoms with Crippen LogP contribution in [0.3, 0.4) is 0 Å². The molecule has 162 valence electrons. The van der Waals surface area contributed by atoms with Gasteiger partial charge in [-0.1, -0.05) is 26.2 Å². The lowest BCUT2D eigenvalue weighted by Gasteiger charge is -2.34. The van der Waals surface area contributed by atoms with Crippen molar-refractivity contribution in [1.29, 1.82) is 0 Å². The molecule has 0 unspecified atom stereocenters. The first-order valence-corrected chi connectivity index (χ1v) is 10.8. The van der Waals surface area contributed by atoms with Crippen LogP contribution < -0.4 is 21.9 Å². The number of nitrogen functional groups attached to an aromatic ring is 1. The zero-order valence-corrected chi connectivity index (χ0v) is 17.2. The van der Waals surface area contributed by atoms with Gasteiger partial charge in [0.15, 0.2) is 5.69 Å². The number of hydrogen-bond acceptors (Lipinski definition) is 6. The summed E-state index contributed by atoms with van der Waals surface area (Å²) < 4.78 is 1.37. The second-order valence-corrected chi connectivity index (χ2v) is 8.21. The fourth-order valence-electron chi connectivity index (χ4n) is 4.37. The van der Waals surface area contributed by atoms with Crippen LogP contribution in [0.1, 0.15) is 58.3 Å². The fourth-order valence-corrected chi connectivity index (χ4v) is 4.37. The molecule has 4 N–H and O–H groups in total. The summed E-state index contributed by atoms with van der Waals surface area (Å²) in [5.74, 6) is -0.104. The molecule has 0 spiro atoms. The van der Waals surface area contributed by atoms with Gasteiger partial charge in [0.1, 0.15) is 5.82 Å². The van der Waals surface area contributed by atoms with E-state index in [-0.39, 0.29) is 36.1 Å². The maximum absolute atomic E-state index is 13.3. The Balaban J connectivity index is 1.93. The molecule has 2 fully saturated rings. The minimum Gasteiger partial charge on any atom is -0.393 e. The van der Waals surface area contributed by atoms with Crippen molar-refractivity contribution >= 4 is 17.4 Å². The molecule has 0 aromatic carbocycles. The number of nitrogens with two attached hydrogens (primary N) is 1. The highest BCUT2D eigenvalue weighted by molar-refractivity contribution is 5.97. The first-order chi connectivity index (χ1) is 13.9.